The highest BCUT2D eigenvalue weighted by Gasteiger charge is 2.35. The Hall–Kier alpha value is -4.42. The second kappa shape index (κ2) is 12.9. The second-order valence-electron chi connectivity index (χ2n) is 10.3. The van der Waals surface area contributed by atoms with Crippen LogP contribution in [0.1, 0.15) is 59.7 Å². The molecular weight excluding hydrogens is 662 g/mol. The quantitative estimate of drug-likeness (QED) is 0.243. The maximum absolute atomic E-state index is 14.2. The normalized spacial score (nSPS) is 14.6. The number of esters is 1. The number of aryl methyl sites for hydroxylation is 1. The zero-order valence-electron chi connectivity index (χ0n) is 25.6. The molecule has 5 rings (SSSR count). The highest BCUT2D eigenvalue weighted by atomic mass is 79.9. The summed E-state index contributed by atoms with van der Waals surface area (Å²) in [5, 5.41) is 9.49. The number of rotatable bonds is 9. The van der Waals surface area contributed by atoms with Crippen LogP contribution in [0.5, 0.6) is 11.5 Å². The molecule has 3 heterocycles. The van der Waals surface area contributed by atoms with Crippen LogP contribution in [0.3, 0.4) is 0 Å². The van der Waals surface area contributed by atoms with Crippen molar-refractivity contribution >= 4 is 45.3 Å². The van der Waals surface area contributed by atoms with E-state index in [1.807, 2.05) is 37.5 Å². The van der Waals surface area contributed by atoms with Gasteiger partial charge in [0.05, 0.1) is 47.7 Å². The lowest BCUT2D eigenvalue weighted by atomic mass is 9.95. The first-order chi connectivity index (χ1) is 21.5. The van der Waals surface area contributed by atoms with Gasteiger partial charge in [-0.25, -0.2) is 14.6 Å². The summed E-state index contributed by atoms with van der Waals surface area (Å²) in [6, 6.07) is 11.3. The summed E-state index contributed by atoms with van der Waals surface area (Å²) in [5.74, 6) is -0.602. The lowest BCUT2D eigenvalue weighted by molar-refractivity contribution is -0.139. The van der Waals surface area contributed by atoms with E-state index in [-0.39, 0.29) is 23.3 Å². The van der Waals surface area contributed by atoms with Crippen LogP contribution in [-0.2, 0) is 9.53 Å². The van der Waals surface area contributed by atoms with Gasteiger partial charge in [0.25, 0.3) is 5.56 Å². The van der Waals surface area contributed by atoms with Crippen molar-refractivity contribution in [2.45, 2.75) is 40.7 Å². The number of methoxy groups -OCH3 is 1. The summed E-state index contributed by atoms with van der Waals surface area (Å²) in [5.41, 5.74) is 4.36. The molecule has 234 valence electrons. The second-order valence-corrected chi connectivity index (χ2v) is 12.1. The number of carbonyl (C=O) groups excluding carboxylic acids is 1. The Bertz CT molecular complexity index is 2050. The van der Waals surface area contributed by atoms with Crippen LogP contribution in [0.4, 0.5) is 0 Å². The van der Waals surface area contributed by atoms with Gasteiger partial charge in [-0.05, 0) is 88.2 Å². The molecule has 0 unspecified atom stereocenters. The number of aromatic carboxylic acids is 1. The first-order valence-electron chi connectivity index (χ1n) is 14.2. The minimum Gasteiger partial charge on any atom is -0.493 e. The maximum Gasteiger partial charge on any atom is 0.338 e. The molecule has 0 radical (unpaired) electrons. The molecule has 1 aliphatic rings. The molecule has 2 aromatic carbocycles. The molecule has 1 atom stereocenters. The molecule has 0 aliphatic carbocycles. The molecule has 12 heteroatoms. The lowest BCUT2D eigenvalue weighted by Crippen LogP contribution is -2.40. The Morgan fingerprint density at radius 2 is 1.84 bits per heavy atom. The van der Waals surface area contributed by atoms with E-state index in [0.717, 1.165) is 17.0 Å². The van der Waals surface area contributed by atoms with Crippen molar-refractivity contribution in [1.29, 1.82) is 0 Å². The zero-order valence-corrected chi connectivity index (χ0v) is 28.0. The molecule has 0 saturated carbocycles. The summed E-state index contributed by atoms with van der Waals surface area (Å²) in [6.45, 7) is 9.75. The Balaban J connectivity index is 1.72. The van der Waals surface area contributed by atoms with Gasteiger partial charge in [0, 0.05) is 21.5 Å². The highest BCUT2D eigenvalue weighted by Crippen LogP contribution is 2.41. The molecule has 10 nitrogen and oxygen atoms in total. The van der Waals surface area contributed by atoms with Crippen LogP contribution in [0.15, 0.2) is 68.0 Å². The predicted molar refractivity (Wildman–Crippen MR) is 174 cm³/mol. The van der Waals surface area contributed by atoms with Crippen LogP contribution >= 0.6 is 27.3 Å². The smallest absolute Gasteiger partial charge is 0.338 e. The van der Waals surface area contributed by atoms with Gasteiger partial charge in [-0.1, -0.05) is 33.3 Å². The van der Waals surface area contributed by atoms with Gasteiger partial charge in [0.1, 0.15) is 0 Å². The number of aromatic nitrogens is 2. The van der Waals surface area contributed by atoms with Crippen LogP contribution in [0, 0.1) is 13.8 Å². The standard InChI is InChI=1S/C33H32BrN3O7S/c1-7-43-26-16-24(34)23(15-25(26)42-6)29-28(32(41)44-8-2)18(4)35-33-37(29)30(38)27(45-33)14-21-12-17(3)36(19(21)5)22-11-9-10-20(13-22)31(39)40/h9-16,29H,7-8H2,1-6H3,(H,39,40)/b27-14+/t29-/m1/s1. The molecule has 2 aromatic heterocycles. The van der Waals surface area contributed by atoms with E-state index in [2.05, 4.69) is 20.9 Å². The summed E-state index contributed by atoms with van der Waals surface area (Å²) in [4.78, 5) is 44.3. The van der Waals surface area contributed by atoms with Gasteiger partial charge in [-0.3, -0.25) is 9.36 Å². The van der Waals surface area contributed by atoms with E-state index < -0.39 is 18.0 Å². The van der Waals surface area contributed by atoms with Crippen LogP contribution in [0.25, 0.3) is 11.8 Å². The van der Waals surface area contributed by atoms with Crippen molar-refractivity contribution in [2.24, 2.45) is 4.99 Å². The number of carbonyl (C=O) groups is 2. The van der Waals surface area contributed by atoms with Crippen molar-refractivity contribution in [3.63, 3.8) is 0 Å². The number of benzene rings is 2. The van der Waals surface area contributed by atoms with Crippen molar-refractivity contribution < 1.29 is 28.9 Å². The molecular formula is C33H32BrN3O7S. The predicted octanol–water partition coefficient (Wildman–Crippen LogP) is 5.07. The molecule has 1 N–H and O–H groups in total. The molecule has 0 fully saturated rings. The van der Waals surface area contributed by atoms with Crippen LogP contribution in [0.2, 0.25) is 0 Å². The van der Waals surface area contributed by atoms with Gasteiger partial charge in [-0.2, -0.15) is 0 Å². The van der Waals surface area contributed by atoms with E-state index in [9.17, 15) is 19.5 Å². The number of hydrogen-bond donors (Lipinski definition) is 1. The van der Waals surface area contributed by atoms with Crippen LogP contribution < -0.4 is 24.4 Å². The van der Waals surface area contributed by atoms with Gasteiger partial charge >= 0.3 is 11.9 Å². The van der Waals surface area contributed by atoms with Gasteiger partial charge in [0.2, 0.25) is 0 Å². The van der Waals surface area contributed by atoms with E-state index in [1.54, 1.807) is 50.3 Å². The van der Waals surface area contributed by atoms with Gasteiger partial charge in [-0.15, -0.1) is 0 Å². The topological polar surface area (TPSA) is 121 Å². The SMILES string of the molecule is CCOC(=O)C1=C(C)N=c2s/c(=C/c3cc(C)n(-c4cccc(C(=O)O)c4)c3C)c(=O)n2[C@@H]1c1cc(OC)c(OCC)cc1Br. The Labute approximate surface area is 271 Å². The summed E-state index contributed by atoms with van der Waals surface area (Å²) in [7, 11) is 1.53. The van der Waals surface area contributed by atoms with E-state index >= 15 is 0 Å². The van der Waals surface area contributed by atoms with Crippen molar-refractivity contribution in [3.8, 4) is 17.2 Å². The van der Waals surface area contributed by atoms with Gasteiger partial charge in [0.15, 0.2) is 16.3 Å². The average Bonchev–Trinajstić information content (AvgIpc) is 3.46. The monoisotopic (exact) mass is 693 g/mol. The number of nitrogens with zero attached hydrogens (tertiary/aromatic N) is 3. The molecule has 0 spiro atoms. The molecule has 0 bridgehead atoms. The van der Waals surface area contributed by atoms with E-state index in [4.69, 9.17) is 14.2 Å². The van der Waals surface area contributed by atoms with Gasteiger partial charge < -0.3 is 23.9 Å². The first-order valence-corrected chi connectivity index (χ1v) is 15.8. The molecule has 0 amide bonds. The third kappa shape index (κ3) is 5.87. The van der Waals surface area contributed by atoms with E-state index in [0.29, 0.717) is 48.9 Å². The van der Waals surface area contributed by atoms with E-state index in [1.165, 1.54) is 23.0 Å². The number of fused-ring (bicyclic) bond motifs is 1. The fourth-order valence-corrected chi connectivity index (χ4v) is 7.10. The van der Waals surface area contributed by atoms with Crippen molar-refractivity contribution in [2.75, 3.05) is 20.3 Å². The number of ether oxygens (including phenoxy) is 3. The Kier molecular flexibility index (Phi) is 9.17. The first kappa shape index (κ1) is 32.0. The molecule has 0 saturated heterocycles. The zero-order chi connectivity index (χ0) is 32.6. The van der Waals surface area contributed by atoms with Crippen molar-refractivity contribution in [1.82, 2.24) is 9.13 Å². The summed E-state index contributed by atoms with van der Waals surface area (Å²) < 4.78 is 21.3. The number of thiazole rings is 1. The fourth-order valence-electron chi connectivity index (χ4n) is 5.52. The largest absolute Gasteiger partial charge is 0.493 e. The van der Waals surface area contributed by atoms with Crippen molar-refractivity contribution in [3.05, 3.63) is 106 Å². The lowest BCUT2D eigenvalue weighted by Gasteiger charge is -2.26. The van der Waals surface area contributed by atoms with Crippen LogP contribution in [-0.4, -0.2) is 46.5 Å². The number of halogens is 1. The number of carboxylic acid groups (broad SMARTS) is 1. The average molecular weight is 695 g/mol. The fraction of sp³-hybridized carbons (Fsp3) is 0.273. The summed E-state index contributed by atoms with van der Waals surface area (Å²) >= 11 is 4.87. The minimum absolute atomic E-state index is 0.158. The molecule has 4 aromatic rings. The number of hydrogen-bond acceptors (Lipinski definition) is 8. The maximum atomic E-state index is 14.2. The number of allylic oxidation sites excluding steroid dienone is 1. The Morgan fingerprint density at radius 3 is 2.51 bits per heavy atom. The third-order valence-corrected chi connectivity index (χ3v) is 9.17. The summed E-state index contributed by atoms with van der Waals surface area (Å²) in [6.07, 6.45) is 1.80. The number of carboxylic acids is 1. The minimum atomic E-state index is -1.01. The third-order valence-electron chi connectivity index (χ3n) is 7.50. The molecule has 1 aliphatic heterocycles. The Morgan fingerprint density at radius 1 is 1.09 bits per heavy atom. The molecule has 45 heavy (non-hydrogen) atoms. The highest BCUT2D eigenvalue weighted by molar-refractivity contribution is 9.10.